The van der Waals surface area contributed by atoms with Crippen LogP contribution in [0.15, 0.2) is 70.5 Å². The Morgan fingerprint density at radius 2 is 1.06 bits per heavy atom. The van der Waals surface area contributed by atoms with Crippen LogP contribution in [0.3, 0.4) is 0 Å². The van der Waals surface area contributed by atoms with Crippen LogP contribution in [0.4, 0.5) is 0 Å². The number of thiol groups is 1. The highest BCUT2D eigenvalue weighted by atomic mass is 32.2. The molecular formula is C12H11NO3S. The van der Waals surface area contributed by atoms with Gasteiger partial charge >= 0.3 is 0 Å². The van der Waals surface area contributed by atoms with Crippen LogP contribution in [0, 0.1) is 15.3 Å². The van der Waals surface area contributed by atoms with Crippen molar-refractivity contribution in [3.63, 3.8) is 0 Å². The lowest BCUT2D eigenvalue weighted by atomic mass is 10.4. The van der Waals surface area contributed by atoms with E-state index in [1.54, 1.807) is 0 Å². The van der Waals surface area contributed by atoms with Crippen molar-refractivity contribution in [2.75, 3.05) is 0 Å². The molecule has 0 saturated carbocycles. The van der Waals surface area contributed by atoms with Crippen molar-refractivity contribution in [2.24, 2.45) is 0 Å². The van der Waals surface area contributed by atoms with Gasteiger partial charge in [0.15, 0.2) is 9.79 Å². The van der Waals surface area contributed by atoms with Crippen LogP contribution in [0.2, 0.25) is 0 Å². The maximum Gasteiger partial charge on any atom is 0.158 e. The van der Waals surface area contributed by atoms with Crippen molar-refractivity contribution >= 4 is 11.8 Å². The number of nitrogens with zero attached hydrogens (tertiary/aromatic N) is 1. The summed E-state index contributed by atoms with van der Waals surface area (Å²) >= 11 is 1.28. The van der Waals surface area contributed by atoms with Gasteiger partial charge in [0.25, 0.3) is 0 Å². The van der Waals surface area contributed by atoms with E-state index in [0.717, 1.165) is 0 Å². The van der Waals surface area contributed by atoms with Gasteiger partial charge in [0.05, 0.1) is 5.09 Å². The lowest BCUT2D eigenvalue weighted by Crippen LogP contribution is -1.82. The van der Waals surface area contributed by atoms with Gasteiger partial charge in [-0.05, 0) is 24.3 Å². The van der Waals surface area contributed by atoms with Gasteiger partial charge in [0.1, 0.15) is 0 Å². The molecule has 0 aliphatic heterocycles. The van der Waals surface area contributed by atoms with Gasteiger partial charge in [0, 0.05) is 11.8 Å². The Labute approximate surface area is 103 Å². The maximum absolute atomic E-state index is 8.25. The summed E-state index contributed by atoms with van der Waals surface area (Å²) in [5.74, 6) is 0. The Kier molecular flexibility index (Phi) is 5.60. The average Bonchev–Trinajstić information content (AvgIpc) is 2.31. The Morgan fingerprint density at radius 3 is 1.35 bits per heavy atom. The predicted molar refractivity (Wildman–Crippen MR) is 68.5 cm³/mol. The molecule has 17 heavy (non-hydrogen) atoms. The Morgan fingerprint density at radius 1 is 0.765 bits per heavy atom. The molecule has 0 aliphatic rings. The minimum Gasteiger partial charge on any atom is -0.356 e. The first-order valence-corrected chi connectivity index (χ1v) is 5.71. The van der Waals surface area contributed by atoms with Gasteiger partial charge in [-0.2, -0.15) is 0 Å². The molecular weight excluding hydrogens is 238 g/mol. The fourth-order valence-electron chi connectivity index (χ4n) is 1.15. The summed E-state index contributed by atoms with van der Waals surface area (Å²) in [6.45, 7) is 0. The quantitative estimate of drug-likeness (QED) is 0.355. The summed E-state index contributed by atoms with van der Waals surface area (Å²) in [5, 5.41) is 14.8. The van der Waals surface area contributed by atoms with E-state index in [4.69, 9.17) is 15.3 Å². The Balaban J connectivity index is 0.000000317. The molecule has 0 fully saturated rings. The monoisotopic (exact) mass is 249 g/mol. The SMILES string of the molecule is O=[N+]([O-])[O-].c1ccc([SH+]c2ccccc2)cc1. The van der Waals surface area contributed by atoms with Crippen LogP contribution in [-0.4, -0.2) is 5.09 Å². The molecule has 0 aromatic heterocycles. The molecule has 2 aromatic carbocycles. The van der Waals surface area contributed by atoms with Crippen LogP contribution in [0.1, 0.15) is 0 Å². The van der Waals surface area contributed by atoms with Crippen LogP contribution < -0.4 is 0 Å². The highest BCUT2D eigenvalue weighted by molar-refractivity contribution is 7.78. The van der Waals surface area contributed by atoms with Crippen molar-refractivity contribution in [1.82, 2.24) is 0 Å². The van der Waals surface area contributed by atoms with Gasteiger partial charge in [-0.1, -0.05) is 36.4 Å². The molecule has 0 heterocycles. The molecule has 0 spiro atoms. The second kappa shape index (κ2) is 7.29. The number of rotatable bonds is 2. The van der Waals surface area contributed by atoms with Crippen LogP contribution in [0.25, 0.3) is 0 Å². The minimum absolute atomic E-state index is 1.28. The van der Waals surface area contributed by atoms with E-state index in [1.165, 1.54) is 21.6 Å². The topological polar surface area (TPSA) is 66.2 Å². The second-order valence-corrected chi connectivity index (χ2v) is 4.26. The number of hydrogen-bond acceptors (Lipinski definition) is 3. The lowest BCUT2D eigenvalue weighted by molar-refractivity contribution is -0.402. The van der Waals surface area contributed by atoms with Gasteiger partial charge in [0.2, 0.25) is 0 Å². The number of hydrogen-bond donors (Lipinski definition) is 0. The zero-order valence-electron chi connectivity index (χ0n) is 8.89. The molecule has 0 bridgehead atoms. The van der Waals surface area contributed by atoms with Crippen molar-refractivity contribution in [1.29, 1.82) is 0 Å². The Hall–Kier alpha value is -2.01. The maximum atomic E-state index is 8.25. The molecule has 88 valence electrons. The smallest absolute Gasteiger partial charge is 0.158 e. The van der Waals surface area contributed by atoms with E-state index in [1.807, 2.05) is 12.1 Å². The second-order valence-electron chi connectivity index (χ2n) is 3.01. The van der Waals surface area contributed by atoms with E-state index in [-0.39, 0.29) is 0 Å². The molecule has 2 aromatic rings. The molecule has 0 amide bonds. The van der Waals surface area contributed by atoms with Crippen LogP contribution >= 0.6 is 0 Å². The number of benzene rings is 2. The molecule has 0 atom stereocenters. The van der Waals surface area contributed by atoms with E-state index in [0.29, 0.717) is 0 Å². The summed E-state index contributed by atoms with van der Waals surface area (Å²) in [7, 11) is 0. The molecule has 0 aliphatic carbocycles. The standard InChI is InChI=1S/C12H10S.NO3/c1-3-7-11(8-4-1)13-12-9-5-2-6-10-12;2-1(3)4/h1-10H;/q;-1/p+1. The Bertz CT molecular complexity index is 406. The highest BCUT2D eigenvalue weighted by Gasteiger charge is 2.03. The van der Waals surface area contributed by atoms with E-state index in [2.05, 4.69) is 48.5 Å². The van der Waals surface area contributed by atoms with Gasteiger partial charge < -0.3 is 15.3 Å². The summed E-state index contributed by atoms with van der Waals surface area (Å²) in [6, 6.07) is 21.0. The highest BCUT2D eigenvalue weighted by Crippen LogP contribution is 2.10. The van der Waals surface area contributed by atoms with E-state index in [9.17, 15) is 0 Å². The normalized spacial score (nSPS) is 8.94. The molecule has 0 unspecified atom stereocenters. The van der Waals surface area contributed by atoms with Crippen molar-refractivity contribution in [3.8, 4) is 0 Å². The fourth-order valence-corrected chi connectivity index (χ4v) is 2.09. The molecule has 4 nitrogen and oxygen atoms in total. The van der Waals surface area contributed by atoms with Gasteiger partial charge in [-0.15, -0.1) is 0 Å². The van der Waals surface area contributed by atoms with Crippen molar-refractivity contribution in [3.05, 3.63) is 76.0 Å². The van der Waals surface area contributed by atoms with Crippen molar-refractivity contribution < 1.29 is 5.09 Å². The van der Waals surface area contributed by atoms with Crippen LogP contribution in [-0.2, 0) is 11.8 Å². The van der Waals surface area contributed by atoms with Gasteiger partial charge in [-0.3, -0.25) is 0 Å². The molecule has 2 rings (SSSR count). The molecule has 0 radical (unpaired) electrons. The first kappa shape index (κ1) is 13.1. The zero-order valence-corrected chi connectivity index (χ0v) is 9.79. The van der Waals surface area contributed by atoms with Crippen molar-refractivity contribution in [2.45, 2.75) is 9.79 Å². The zero-order chi connectivity index (χ0) is 12.5. The lowest BCUT2D eigenvalue weighted by Gasteiger charge is -1.90. The third-order valence-corrected chi connectivity index (χ3v) is 2.88. The summed E-state index contributed by atoms with van der Waals surface area (Å²) in [6.07, 6.45) is 0. The summed E-state index contributed by atoms with van der Waals surface area (Å²) in [4.78, 5) is 10.9. The fraction of sp³-hybridized carbons (Fsp3) is 0. The molecule has 0 N–H and O–H groups in total. The molecule has 5 heteroatoms. The first-order chi connectivity index (χ1) is 8.18. The largest absolute Gasteiger partial charge is 0.356 e. The minimum atomic E-state index is -1.75. The summed E-state index contributed by atoms with van der Waals surface area (Å²) < 4.78 is 0. The molecule has 0 saturated heterocycles. The van der Waals surface area contributed by atoms with Gasteiger partial charge in [-0.25, -0.2) is 0 Å². The predicted octanol–water partition coefficient (Wildman–Crippen LogP) is 2.68. The van der Waals surface area contributed by atoms with Crippen LogP contribution in [0.5, 0.6) is 0 Å². The van der Waals surface area contributed by atoms with E-state index < -0.39 is 5.09 Å². The third-order valence-electron chi connectivity index (χ3n) is 1.77. The third kappa shape index (κ3) is 6.21. The van der Waals surface area contributed by atoms with E-state index >= 15 is 0 Å². The summed E-state index contributed by atoms with van der Waals surface area (Å²) in [5.41, 5.74) is 0. The first-order valence-electron chi connectivity index (χ1n) is 4.82. The average molecular weight is 249 g/mol.